The van der Waals surface area contributed by atoms with Gasteiger partial charge in [-0.05, 0) is 30.3 Å². The molecule has 0 radical (unpaired) electrons. The largest absolute Gasteiger partial charge is 0.264 e. The SMILES string of the molecule is Cn1nc(-c2ccccc2Cl)nc1NS(=O)(=O)c1ccc(C#N)c(F)c1. The van der Waals surface area contributed by atoms with Gasteiger partial charge in [0.05, 0.1) is 15.5 Å². The molecule has 3 rings (SSSR count). The van der Waals surface area contributed by atoms with E-state index >= 15 is 0 Å². The predicted molar refractivity (Wildman–Crippen MR) is 93.4 cm³/mol. The Kier molecular flexibility index (Phi) is 4.63. The lowest BCUT2D eigenvalue weighted by Crippen LogP contribution is -2.16. The van der Waals surface area contributed by atoms with Crippen molar-refractivity contribution in [2.45, 2.75) is 4.90 Å². The molecule has 3 aromatic rings. The van der Waals surface area contributed by atoms with Gasteiger partial charge in [-0.25, -0.2) is 22.2 Å². The van der Waals surface area contributed by atoms with E-state index in [1.807, 2.05) is 0 Å². The Balaban J connectivity index is 1.95. The fraction of sp³-hybridized carbons (Fsp3) is 0.0625. The molecule has 0 spiro atoms. The molecule has 0 aliphatic carbocycles. The molecule has 1 heterocycles. The average Bonchev–Trinajstić information content (AvgIpc) is 2.95. The lowest BCUT2D eigenvalue weighted by Gasteiger charge is -2.07. The van der Waals surface area contributed by atoms with Crippen molar-refractivity contribution >= 4 is 27.6 Å². The molecule has 7 nitrogen and oxygen atoms in total. The minimum absolute atomic E-state index is 0.0651. The Morgan fingerprint density at radius 1 is 1.27 bits per heavy atom. The zero-order valence-corrected chi connectivity index (χ0v) is 14.9. The number of halogens is 2. The molecule has 0 saturated carbocycles. The average molecular weight is 392 g/mol. The summed E-state index contributed by atoms with van der Waals surface area (Å²) in [4.78, 5) is 3.80. The topological polar surface area (TPSA) is 101 Å². The molecule has 10 heteroatoms. The summed E-state index contributed by atoms with van der Waals surface area (Å²) in [5.74, 6) is -0.753. The molecule has 0 fully saturated rings. The fourth-order valence-electron chi connectivity index (χ4n) is 2.16. The number of nitrogens with zero attached hydrogens (tertiary/aromatic N) is 4. The quantitative estimate of drug-likeness (QED) is 0.736. The van der Waals surface area contributed by atoms with E-state index in [0.29, 0.717) is 10.6 Å². The second kappa shape index (κ2) is 6.74. The van der Waals surface area contributed by atoms with Gasteiger partial charge in [0.1, 0.15) is 11.9 Å². The van der Waals surface area contributed by atoms with Crippen molar-refractivity contribution in [1.82, 2.24) is 14.8 Å². The molecule has 0 amide bonds. The molecular formula is C16H11ClFN5O2S. The summed E-state index contributed by atoms with van der Waals surface area (Å²) in [5.41, 5.74) is 0.295. The van der Waals surface area contributed by atoms with Crippen molar-refractivity contribution in [3.8, 4) is 17.5 Å². The van der Waals surface area contributed by atoms with E-state index in [1.54, 1.807) is 30.3 Å². The molecule has 0 saturated heterocycles. The molecule has 2 aromatic carbocycles. The summed E-state index contributed by atoms with van der Waals surface area (Å²) in [6.07, 6.45) is 0. The van der Waals surface area contributed by atoms with Crippen LogP contribution >= 0.6 is 11.6 Å². The number of hydrogen-bond donors (Lipinski definition) is 1. The highest BCUT2D eigenvalue weighted by molar-refractivity contribution is 7.92. The third kappa shape index (κ3) is 3.37. The monoisotopic (exact) mass is 391 g/mol. The number of rotatable bonds is 4. The maximum atomic E-state index is 13.7. The van der Waals surface area contributed by atoms with Gasteiger partial charge in [-0.1, -0.05) is 23.7 Å². The number of hydrogen-bond acceptors (Lipinski definition) is 5. The minimum atomic E-state index is -4.12. The van der Waals surface area contributed by atoms with E-state index in [-0.39, 0.29) is 22.2 Å². The van der Waals surface area contributed by atoms with Crippen LogP contribution < -0.4 is 4.72 Å². The van der Waals surface area contributed by atoms with Gasteiger partial charge in [-0.15, -0.1) is 5.10 Å². The van der Waals surface area contributed by atoms with Crippen LogP contribution in [0.3, 0.4) is 0 Å². The van der Waals surface area contributed by atoms with Gasteiger partial charge in [0, 0.05) is 12.6 Å². The number of anilines is 1. The van der Waals surface area contributed by atoms with Crippen LogP contribution in [0, 0.1) is 17.1 Å². The highest BCUT2D eigenvalue weighted by atomic mass is 35.5. The van der Waals surface area contributed by atoms with Gasteiger partial charge >= 0.3 is 0 Å². The summed E-state index contributed by atoms with van der Waals surface area (Å²) < 4.78 is 42.1. The van der Waals surface area contributed by atoms with Crippen molar-refractivity contribution in [2.75, 3.05) is 4.72 Å². The van der Waals surface area contributed by atoms with Crippen molar-refractivity contribution in [2.24, 2.45) is 7.05 Å². The van der Waals surface area contributed by atoms with Crippen LogP contribution in [0.25, 0.3) is 11.4 Å². The Bertz CT molecular complexity index is 1140. The Morgan fingerprint density at radius 3 is 2.65 bits per heavy atom. The number of sulfonamides is 1. The number of aryl methyl sites for hydroxylation is 1. The first-order chi connectivity index (χ1) is 12.3. The van der Waals surface area contributed by atoms with Gasteiger partial charge in [0.15, 0.2) is 5.82 Å². The molecule has 26 heavy (non-hydrogen) atoms. The van der Waals surface area contributed by atoms with Crippen LogP contribution in [-0.4, -0.2) is 23.2 Å². The molecule has 1 N–H and O–H groups in total. The second-order valence-corrected chi connectivity index (χ2v) is 7.31. The van der Waals surface area contributed by atoms with Crippen molar-refractivity contribution in [3.05, 3.63) is 58.9 Å². The van der Waals surface area contributed by atoms with Crippen LogP contribution in [0.15, 0.2) is 47.4 Å². The number of nitriles is 1. The summed E-state index contributed by atoms with van der Waals surface area (Å²) in [7, 11) is -2.61. The fourth-order valence-corrected chi connectivity index (χ4v) is 3.42. The van der Waals surface area contributed by atoms with E-state index in [1.165, 1.54) is 11.7 Å². The van der Waals surface area contributed by atoms with Gasteiger partial charge in [0.25, 0.3) is 10.0 Å². The molecule has 0 aliphatic rings. The smallest absolute Gasteiger partial charge is 0.247 e. The van der Waals surface area contributed by atoms with Gasteiger partial charge in [-0.2, -0.15) is 10.2 Å². The first-order valence-electron chi connectivity index (χ1n) is 7.20. The maximum Gasteiger partial charge on any atom is 0.264 e. The predicted octanol–water partition coefficient (Wildman–Crippen LogP) is 2.95. The molecule has 1 aromatic heterocycles. The maximum absolute atomic E-state index is 13.7. The summed E-state index contributed by atoms with van der Waals surface area (Å²) >= 11 is 6.10. The minimum Gasteiger partial charge on any atom is -0.247 e. The van der Waals surface area contributed by atoms with E-state index < -0.39 is 15.8 Å². The van der Waals surface area contributed by atoms with Crippen LogP contribution in [0.1, 0.15) is 5.56 Å². The van der Waals surface area contributed by atoms with E-state index in [9.17, 15) is 12.8 Å². The van der Waals surface area contributed by atoms with Crippen molar-refractivity contribution in [1.29, 1.82) is 5.26 Å². The third-order valence-electron chi connectivity index (χ3n) is 3.47. The lowest BCUT2D eigenvalue weighted by atomic mass is 10.2. The normalized spacial score (nSPS) is 11.2. The van der Waals surface area contributed by atoms with Crippen molar-refractivity contribution in [3.63, 3.8) is 0 Å². The van der Waals surface area contributed by atoms with Crippen LogP contribution in [0.5, 0.6) is 0 Å². The molecule has 0 bridgehead atoms. The van der Waals surface area contributed by atoms with Crippen LogP contribution in [0.2, 0.25) is 5.02 Å². The van der Waals surface area contributed by atoms with Gasteiger partial charge in [-0.3, -0.25) is 0 Å². The van der Waals surface area contributed by atoms with Gasteiger partial charge < -0.3 is 0 Å². The van der Waals surface area contributed by atoms with Gasteiger partial charge in [0.2, 0.25) is 5.95 Å². The number of aromatic nitrogens is 3. The third-order valence-corrected chi connectivity index (χ3v) is 5.13. The molecule has 132 valence electrons. The van der Waals surface area contributed by atoms with E-state index in [0.717, 1.165) is 18.2 Å². The van der Waals surface area contributed by atoms with Crippen molar-refractivity contribution < 1.29 is 12.8 Å². The Labute approximate surface area is 153 Å². The molecule has 0 aliphatic heterocycles. The van der Waals surface area contributed by atoms with E-state index in [2.05, 4.69) is 14.8 Å². The molecular weight excluding hydrogens is 381 g/mol. The highest BCUT2D eigenvalue weighted by Crippen LogP contribution is 2.26. The first kappa shape index (κ1) is 17.8. The Morgan fingerprint density at radius 2 is 2.00 bits per heavy atom. The van der Waals surface area contributed by atoms with Crippen LogP contribution in [-0.2, 0) is 17.1 Å². The zero-order chi connectivity index (χ0) is 18.9. The second-order valence-electron chi connectivity index (χ2n) is 5.22. The molecule has 0 atom stereocenters. The number of benzene rings is 2. The highest BCUT2D eigenvalue weighted by Gasteiger charge is 2.20. The zero-order valence-electron chi connectivity index (χ0n) is 13.3. The summed E-state index contributed by atoms with van der Waals surface area (Å²) in [5, 5.41) is 13.3. The first-order valence-corrected chi connectivity index (χ1v) is 9.06. The lowest BCUT2D eigenvalue weighted by molar-refractivity contribution is 0.593. The molecule has 0 unspecified atom stereocenters. The summed E-state index contributed by atoms with van der Waals surface area (Å²) in [6, 6.07) is 11.5. The number of nitrogens with one attached hydrogen (secondary N) is 1. The van der Waals surface area contributed by atoms with E-state index in [4.69, 9.17) is 16.9 Å². The van der Waals surface area contributed by atoms with Crippen LogP contribution in [0.4, 0.5) is 10.3 Å². The Hall–Kier alpha value is -2.96. The summed E-state index contributed by atoms with van der Waals surface area (Å²) in [6.45, 7) is 0. The standard InChI is InChI=1S/C16H11ClFN5O2S/c1-23-16(20-15(21-23)12-4-2-3-5-13(12)17)22-26(24,25)11-7-6-10(9-19)14(18)8-11/h2-8H,1H3,(H,20,21,22).